The highest BCUT2D eigenvalue weighted by atomic mass is 32.1. The molecule has 2 aromatic rings. The molecule has 15 N–H and O–H groups in total. The summed E-state index contributed by atoms with van der Waals surface area (Å²) in [6, 6.07) is 2.44. The molecule has 0 bridgehead atoms. The number of hydrogen-bond acceptors (Lipinski definition) is 12. The van der Waals surface area contributed by atoms with E-state index in [1.54, 1.807) is 24.4 Å². The van der Waals surface area contributed by atoms with Crippen molar-refractivity contribution in [3.05, 3.63) is 36.0 Å². The lowest BCUT2D eigenvalue weighted by molar-refractivity contribution is -0.138. The van der Waals surface area contributed by atoms with E-state index in [9.17, 15) is 38.4 Å². The zero-order valence-corrected chi connectivity index (χ0v) is 30.8. The number of guanidine groups is 1. The number of aromatic nitrogens is 1. The molecule has 2 rings (SSSR count). The Bertz CT molecular complexity index is 1690. The molecule has 296 valence electrons. The molecular formula is C31H46N12O9S2. The van der Waals surface area contributed by atoms with Crippen LogP contribution in [0.4, 0.5) is 0 Å². The fourth-order valence-corrected chi connectivity index (χ4v) is 5.06. The second-order valence-electron chi connectivity index (χ2n) is 11.6. The molecule has 0 radical (unpaired) electrons. The Hall–Kier alpha value is -5.55. The number of nitrogens with one attached hydrogen (secondary N) is 8. The number of aliphatic carboxylic acids is 1. The normalized spacial score (nSPS) is 12.9. The fourth-order valence-electron chi connectivity index (χ4n) is 4.64. The Morgan fingerprint density at radius 2 is 1.31 bits per heavy atom. The lowest BCUT2D eigenvalue weighted by atomic mass is 10.0. The number of carbonyl (C=O) groups excluding carboxylic acids is 7. The van der Waals surface area contributed by atoms with E-state index in [1.165, 1.54) is 0 Å². The third kappa shape index (κ3) is 16.0. The topological polar surface area (TPSA) is 347 Å². The number of thiol groups is 2. The van der Waals surface area contributed by atoms with Crippen molar-refractivity contribution in [3.63, 3.8) is 0 Å². The lowest BCUT2D eigenvalue weighted by Crippen LogP contribution is -2.58. The van der Waals surface area contributed by atoms with Gasteiger partial charge in [-0.2, -0.15) is 25.3 Å². The summed E-state index contributed by atoms with van der Waals surface area (Å²) < 4.78 is 0. The zero-order chi connectivity index (χ0) is 40.2. The van der Waals surface area contributed by atoms with E-state index in [0.29, 0.717) is 5.56 Å². The molecule has 0 aliphatic heterocycles. The van der Waals surface area contributed by atoms with Gasteiger partial charge < -0.3 is 64.5 Å². The molecule has 21 nitrogen and oxygen atoms in total. The summed E-state index contributed by atoms with van der Waals surface area (Å²) in [5.41, 5.74) is 17.7. The van der Waals surface area contributed by atoms with Crippen LogP contribution in [0.15, 0.2) is 35.5 Å². The first kappa shape index (κ1) is 44.6. The van der Waals surface area contributed by atoms with Crippen molar-refractivity contribution in [2.75, 3.05) is 44.2 Å². The van der Waals surface area contributed by atoms with Crippen LogP contribution in [0.25, 0.3) is 10.9 Å². The minimum absolute atomic E-state index is 0.0146. The molecular weight excluding hydrogens is 749 g/mol. The number of amides is 7. The summed E-state index contributed by atoms with van der Waals surface area (Å²) in [5.74, 6) is -6.91. The van der Waals surface area contributed by atoms with Gasteiger partial charge in [0.15, 0.2) is 5.96 Å². The molecule has 0 fully saturated rings. The number of hydrogen-bond donors (Lipinski definition) is 14. The van der Waals surface area contributed by atoms with E-state index in [-0.39, 0.29) is 43.3 Å². The number of rotatable bonds is 23. The van der Waals surface area contributed by atoms with Crippen molar-refractivity contribution < 1.29 is 43.5 Å². The van der Waals surface area contributed by atoms with Crippen molar-refractivity contribution in [2.45, 2.75) is 43.4 Å². The van der Waals surface area contributed by atoms with Crippen LogP contribution < -0.4 is 54.4 Å². The van der Waals surface area contributed by atoms with Gasteiger partial charge in [-0.3, -0.25) is 43.3 Å². The number of carbonyl (C=O) groups is 8. The number of carboxylic acid groups (broad SMARTS) is 1. The van der Waals surface area contributed by atoms with Gasteiger partial charge in [0.05, 0.1) is 25.7 Å². The van der Waals surface area contributed by atoms with E-state index in [1.807, 2.05) is 6.07 Å². The van der Waals surface area contributed by atoms with Gasteiger partial charge in [-0.25, -0.2) is 0 Å². The van der Waals surface area contributed by atoms with Crippen LogP contribution in [-0.4, -0.2) is 132 Å². The van der Waals surface area contributed by atoms with Crippen LogP contribution in [0.3, 0.4) is 0 Å². The van der Waals surface area contributed by atoms with Crippen molar-refractivity contribution >= 4 is 89.4 Å². The van der Waals surface area contributed by atoms with E-state index in [2.05, 4.69) is 72.5 Å². The van der Waals surface area contributed by atoms with E-state index in [0.717, 1.165) is 10.9 Å². The maximum atomic E-state index is 13.7. The SMILES string of the molecule is NC(N)=NCCCC(NC(=O)CNC(=O)CNC(=O)CNC(=O)C(N)CS)C(=O)NC(Cc1c[nH]c2ccccc12)C(=O)NC(CS)C(=O)NCC(=O)O. The highest BCUT2D eigenvalue weighted by molar-refractivity contribution is 7.80. The molecule has 0 aliphatic rings. The Labute approximate surface area is 320 Å². The van der Waals surface area contributed by atoms with Crippen LogP contribution >= 0.6 is 25.3 Å². The maximum absolute atomic E-state index is 13.7. The molecule has 1 aromatic heterocycles. The first-order chi connectivity index (χ1) is 25.6. The number of aromatic amines is 1. The molecule has 4 unspecified atom stereocenters. The van der Waals surface area contributed by atoms with E-state index < -0.39 is 97.7 Å². The average Bonchev–Trinajstić information content (AvgIpc) is 3.55. The van der Waals surface area contributed by atoms with Gasteiger partial charge >= 0.3 is 5.97 Å². The molecule has 4 atom stereocenters. The largest absolute Gasteiger partial charge is 0.480 e. The third-order valence-electron chi connectivity index (χ3n) is 7.41. The van der Waals surface area contributed by atoms with Gasteiger partial charge in [-0.15, -0.1) is 0 Å². The Morgan fingerprint density at radius 1 is 0.722 bits per heavy atom. The number of aliphatic imine (C=N–C) groups is 1. The molecule has 0 aliphatic carbocycles. The van der Waals surface area contributed by atoms with Gasteiger partial charge in [0.2, 0.25) is 41.4 Å². The van der Waals surface area contributed by atoms with Gasteiger partial charge in [-0.1, -0.05) is 18.2 Å². The zero-order valence-electron chi connectivity index (χ0n) is 29.1. The fraction of sp³-hybridized carbons (Fsp3) is 0.452. The summed E-state index contributed by atoms with van der Waals surface area (Å²) in [5, 5.41) is 26.3. The molecule has 0 spiro atoms. The molecule has 1 heterocycles. The number of para-hydroxylation sites is 1. The first-order valence-corrected chi connectivity index (χ1v) is 17.7. The summed E-state index contributed by atoms with van der Waals surface area (Å²) in [7, 11) is 0. The standard InChI is InChI=1S/C31H46N12O9S2/c32-18(14-53)27(49)39-11-24(45)37-10-23(44)38-12-25(46)41-20(6-3-7-35-31(33)34)29(51)42-21(8-16-9-36-19-5-2-1-4-17(16)19)30(52)43-22(15-54)28(50)40-13-26(47)48/h1-2,4-5,9,18,20-22,36,53-54H,3,6-8,10-15,32H2,(H,37,45)(H,38,44)(H,39,49)(H,40,50)(H,41,46)(H,42,51)(H,43,52)(H,47,48)(H4,33,34,35). The summed E-state index contributed by atoms with van der Waals surface area (Å²) >= 11 is 8.00. The van der Waals surface area contributed by atoms with Gasteiger partial charge in [0, 0.05) is 41.6 Å². The minimum atomic E-state index is -1.31. The number of fused-ring (bicyclic) bond motifs is 1. The molecule has 54 heavy (non-hydrogen) atoms. The maximum Gasteiger partial charge on any atom is 0.322 e. The Kier molecular flexibility index (Phi) is 19.2. The summed E-state index contributed by atoms with van der Waals surface area (Å²) in [6.45, 7) is -2.19. The Balaban J connectivity index is 2.17. The highest BCUT2D eigenvalue weighted by Crippen LogP contribution is 2.19. The number of nitrogens with two attached hydrogens (primary N) is 3. The van der Waals surface area contributed by atoms with Crippen LogP contribution in [-0.2, 0) is 44.8 Å². The second kappa shape index (κ2) is 23.2. The highest BCUT2D eigenvalue weighted by Gasteiger charge is 2.30. The third-order valence-corrected chi connectivity index (χ3v) is 8.17. The molecule has 1 aromatic carbocycles. The van der Waals surface area contributed by atoms with Crippen LogP contribution in [0.2, 0.25) is 0 Å². The predicted molar refractivity (Wildman–Crippen MR) is 203 cm³/mol. The van der Waals surface area contributed by atoms with Gasteiger partial charge in [-0.05, 0) is 24.5 Å². The predicted octanol–water partition coefficient (Wildman–Crippen LogP) is -5.05. The molecule has 7 amide bonds. The van der Waals surface area contributed by atoms with Crippen molar-refractivity contribution in [2.24, 2.45) is 22.2 Å². The first-order valence-electron chi connectivity index (χ1n) is 16.4. The van der Waals surface area contributed by atoms with Crippen molar-refractivity contribution in [1.29, 1.82) is 0 Å². The quantitative estimate of drug-likeness (QED) is 0.0218. The number of H-pyrrole nitrogens is 1. The number of carboxylic acids is 1. The summed E-state index contributed by atoms with van der Waals surface area (Å²) in [4.78, 5) is 107. The molecule has 0 saturated carbocycles. The monoisotopic (exact) mass is 794 g/mol. The van der Waals surface area contributed by atoms with E-state index >= 15 is 0 Å². The van der Waals surface area contributed by atoms with Crippen LogP contribution in [0.5, 0.6) is 0 Å². The van der Waals surface area contributed by atoms with E-state index in [4.69, 9.17) is 22.3 Å². The lowest BCUT2D eigenvalue weighted by Gasteiger charge is -2.25. The second-order valence-corrected chi connectivity index (χ2v) is 12.3. The molecule has 0 saturated heterocycles. The van der Waals surface area contributed by atoms with Crippen LogP contribution in [0.1, 0.15) is 18.4 Å². The van der Waals surface area contributed by atoms with Crippen LogP contribution in [0, 0.1) is 0 Å². The smallest absolute Gasteiger partial charge is 0.322 e. The molecule has 23 heteroatoms. The number of nitrogens with zero attached hydrogens (tertiary/aromatic N) is 1. The Morgan fingerprint density at radius 3 is 1.94 bits per heavy atom. The van der Waals surface area contributed by atoms with Crippen molar-refractivity contribution in [1.82, 2.24) is 42.2 Å². The average molecular weight is 795 g/mol. The minimum Gasteiger partial charge on any atom is -0.480 e. The summed E-state index contributed by atoms with van der Waals surface area (Å²) in [6.07, 6.45) is 1.77. The number of benzene rings is 1. The van der Waals surface area contributed by atoms with Crippen molar-refractivity contribution in [3.8, 4) is 0 Å². The van der Waals surface area contributed by atoms with Gasteiger partial charge in [0.25, 0.3) is 0 Å². The van der Waals surface area contributed by atoms with Gasteiger partial charge in [0.1, 0.15) is 24.7 Å².